The second-order valence-corrected chi connectivity index (χ2v) is 10.3. The second kappa shape index (κ2) is 8.07. The average Bonchev–Trinajstić information content (AvgIpc) is 3.02. The van der Waals surface area contributed by atoms with Gasteiger partial charge in [0.2, 0.25) is 5.91 Å². The van der Waals surface area contributed by atoms with Crippen LogP contribution >= 0.6 is 0 Å². The van der Waals surface area contributed by atoms with E-state index < -0.39 is 20.8 Å². The Hall–Kier alpha value is -2.92. The van der Waals surface area contributed by atoms with Gasteiger partial charge in [0, 0.05) is 31.4 Å². The normalized spacial score (nSPS) is 21.9. The van der Waals surface area contributed by atoms with Crippen molar-refractivity contribution < 1.29 is 13.2 Å². The van der Waals surface area contributed by atoms with E-state index in [9.17, 15) is 13.2 Å². The number of amides is 1. The van der Waals surface area contributed by atoms with Gasteiger partial charge in [-0.05, 0) is 37.5 Å². The van der Waals surface area contributed by atoms with Crippen molar-refractivity contribution in [3.05, 3.63) is 59.8 Å². The third-order valence-electron chi connectivity index (χ3n) is 6.11. The summed E-state index contributed by atoms with van der Waals surface area (Å²) in [5.41, 5.74) is 1.21. The summed E-state index contributed by atoms with van der Waals surface area (Å²) in [4.78, 5) is 21.2. The van der Waals surface area contributed by atoms with E-state index in [1.54, 1.807) is 48.4 Å². The zero-order chi connectivity index (χ0) is 21.3. The van der Waals surface area contributed by atoms with E-state index in [1.807, 2.05) is 12.1 Å². The van der Waals surface area contributed by atoms with E-state index in [1.165, 1.54) is 0 Å². The van der Waals surface area contributed by atoms with Gasteiger partial charge >= 0.3 is 0 Å². The number of hydrogen-bond acceptors (Lipinski definition) is 6. The highest BCUT2D eigenvalue weighted by atomic mass is 32.2. The van der Waals surface area contributed by atoms with E-state index in [0.717, 1.165) is 18.7 Å². The number of piperazine rings is 1. The average molecular weight is 425 g/mol. The van der Waals surface area contributed by atoms with Gasteiger partial charge in [0.15, 0.2) is 9.84 Å². The van der Waals surface area contributed by atoms with Crippen molar-refractivity contribution in [1.82, 2.24) is 9.88 Å². The highest BCUT2D eigenvalue weighted by molar-refractivity contribution is 7.92. The summed E-state index contributed by atoms with van der Waals surface area (Å²) in [6.45, 7) is 2.62. The number of aromatic nitrogens is 1. The molecule has 0 N–H and O–H groups in total. The molecule has 0 radical (unpaired) electrons. The number of nitriles is 1. The van der Waals surface area contributed by atoms with Crippen LogP contribution in [0.25, 0.3) is 0 Å². The molecule has 30 heavy (non-hydrogen) atoms. The predicted molar refractivity (Wildman–Crippen MR) is 113 cm³/mol. The fraction of sp³-hybridized carbons (Fsp3) is 0.409. The Morgan fingerprint density at radius 2 is 1.83 bits per heavy atom. The molecule has 2 aromatic rings. The number of pyridine rings is 1. The summed E-state index contributed by atoms with van der Waals surface area (Å²) in [6, 6.07) is 14.9. The molecular weight excluding hydrogens is 400 g/mol. The Morgan fingerprint density at radius 1 is 1.17 bits per heavy atom. The van der Waals surface area contributed by atoms with Crippen LogP contribution in [0.1, 0.15) is 36.1 Å². The SMILES string of the molecule is CC(c1ccccc1)S(=O)(=O)CC(=O)N1CC2CCC(C1)N2c1ccc(C#N)cn1. The smallest absolute Gasteiger partial charge is 0.237 e. The monoisotopic (exact) mass is 424 g/mol. The summed E-state index contributed by atoms with van der Waals surface area (Å²) >= 11 is 0. The molecule has 2 aliphatic heterocycles. The first-order valence-corrected chi connectivity index (χ1v) is 11.8. The molecule has 3 unspecified atom stereocenters. The molecule has 0 spiro atoms. The lowest BCUT2D eigenvalue weighted by molar-refractivity contribution is -0.129. The Kier molecular flexibility index (Phi) is 5.48. The number of likely N-dealkylation sites (tertiary alicyclic amines) is 1. The lowest BCUT2D eigenvalue weighted by atomic mass is 10.1. The number of carbonyl (C=O) groups excluding carboxylic acids is 1. The summed E-state index contributed by atoms with van der Waals surface area (Å²) in [5, 5.41) is 8.24. The Labute approximate surface area is 176 Å². The molecule has 2 aliphatic rings. The molecule has 0 aliphatic carbocycles. The van der Waals surface area contributed by atoms with Crippen LogP contribution in [-0.4, -0.2) is 55.1 Å². The minimum atomic E-state index is -3.60. The number of fused-ring (bicyclic) bond motifs is 2. The molecule has 1 aromatic heterocycles. The Bertz CT molecular complexity index is 1050. The van der Waals surface area contributed by atoms with Crippen molar-refractivity contribution in [2.75, 3.05) is 23.7 Å². The van der Waals surface area contributed by atoms with Crippen LogP contribution < -0.4 is 4.90 Å². The van der Waals surface area contributed by atoms with Gasteiger partial charge in [-0.3, -0.25) is 4.79 Å². The predicted octanol–water partition coefficient (Wildman–Crippen LogP) is 2.31. The van der Waals surface area contributed by atoms with Crippen molar-refractivity contribution in [2.24, 2.45) is 0 Å². The third kappa shape index (κ3) is 3.90. The van der Waals surface area contributed by atoms with Crippen LogP contribution in [0.5, 0.6) is 0 Å². The zero-order valence-electron chi connectivity index (χ0n) is 16.8. The second-order valence-electron chi connectivity index (χ2n) is 7.97. The van der Waals surface area contributed by atoms with Crippen molar-refractivity contribution in [2.45, 2.75) is 37.1 Å². The number of rotatable bonds is 5. The molecule has 2 saturated heterocycles. The topological polar surface area (TPSA) is 94.4 Å². The van der Waals surface area contributed by atoms with Gasteiger partial charge in [0.05, 0.1) is 10.8 Å². The standard InChI is InChI=1S/C22H24N4O3S/c1-16(18-5-3-2-4-6-18)30(28,29)15-22(27)25-13-19-8-9-20(14-25)26(19)21-10-7-17(11-23)12-24-21/h2-7,10,12,16,19-20H,8-9,13-15H2,1H3. The van der Waals surface area contributed by atoms with Crippen molar-refractivity contribution in [3.8, 4) is 6.07 Å². The molecular formula is C22H24N4O3S. The summed E-state index contributed by atoms with van der Waals surface area (Å²) < 4.78 is 25.6. The van der Waals surface area contributed by atoms with Gasteiger partial charge in [-0.2, -0.15) is 5.26 Å². The lowest BCUT2D eigenvalue weighted by Crippen LogP contribution is -2.56. The van der Waals surface area contributed by atoms with Gasteiger partial charge < -0.3 is 9.80 Å². The van der Waals surface area contributed by atoms with Gasteiger partial charge in [-0.1, -0.05) is 30.3 Å². The maximum atomic E-state index is 12.9. The van der Waals surface area contributed by atoms with Gasteiger partial charge in [-0.25, -0.2) is 13.4 Å². The van der Waals surface area contributed by atoms with E-state index in [2.05, 4.69) is 16.0 Å². The number of carbonyl (C=O) groups is 1. The van der Waals surface area contributed by atoms with Crippen LogP contribution in [0.4, 0.5) is 5.82 Å². The molecule has 7 nitrogen and oxygen atoms in total. The molecule has 4 rings (SSSR count). The molecule has 2 bridgehead atoms. The Morgan fingerprint density at radius 3 is 2.40 bits per heavy atom. The molecule has 8 heteroatoms. The number of nitrogens with zero attached hydrogens (tertiary/aromatic N) is 4. The molecule has 156 valence electrons. The first kappa shape index (κ1) is 20.4. The van der Waals surface area contributed by atoms with Crippen LogP contribution in [0.15, 0.2) is 48.7 Å². The van der Waals surface area contributed by atoms with Gasteiger partial charge in [0.1, 0.15) is 17.6 Å². The molecule has 3 heterocycles. The quantitative estimate of drug-likeness (QED) is 0.731. The van der Waals surface area contributed by atoms with Crippen molar-refractivity contribution in [1.29, 1.82) is 5.26 Å². The molecule has 1 amide bonds. The molecule has 3 atom stereocenters. The van der Waals surface area contributed by atoms with Gasteiger partial charge in [-0.15, -0.1) is 0 Å². The van der Waals surface area contributed by atoms with Gasteiger partial charge in [0.25, 0.3) is 0 Å². The van der Waals surface area contributed by atoms with E-state index in [-0.39, 0.29) is 18.0 Å². The first-order valence-electron chi connectivity index (χ1n) is 10.1. The summed E-state index contributed by atoms with van der Waals surface area (Å²) in [5.74, 6) is -0.00140. The van der Waals surface area contributed by atoms with E-state index in [4.69, 9.17) is 5.26 Å². The number of hydrogen-bond donors (Lipinski definition) is 0. The number of sulfone groups is 1. The highest BCUT2D eigenvalue weighted by Crippen LogP contribution is 2.34. The number of benzene rings is 1. The van der Waals surface area contributed by atoms with E-state index >= 15 is 0 Å². The molecule has 2 fully saturated rings. The van der Waals surface area contributed by atoms with E-state index in [0.29, 0.717) is 24.2 Å². The van der Waals surface area contributed by atoms with Crippen LogP contribution in [0, 0.1) is 11.3 Å². The maximum Gasteiger partial charge on any atom is 0.237 e. The minimum Gasteiger partial charge on any atom is -0.347 e. The fourth-order valence-electron chi connectivity index (χ4n) is 4.41. The van der Waals surface area contributed by atoms with Crippen molar-refractivity contribution >= 4 is 21.6 Å². The molecule has 0 saturated carbocycles. The first-order chi connectivity index (χ1) is 14.4. The summed E-state index contributed by atoms with van der Waals surface area (Å²) in [7, 11) is -3.60. The minimum absolute atomic E-state index is 0.113. The lowest BCUT2D eigenvalue weighted by Gasteiger charge is -2.41. The summed E-state index contributed by atoms with van der Waals surface area (Å²) in [6.07, 6.45) is 3.43. The van der Waals surface area contributed by atoms with Crippen molar-refractivity contribution in [3.63, 3.8) is 0 Å². The van der Waals surface area contributed by atoms with Crippen LogP contribution in [0.3, 0.4) is 0 Å². The largest absolute Gasteiger partial charge is 0.347 e. The Balaban J connectivity index is 1.44. The molecule has 1 aromatic carbocycles. The zero-order valence-corrected chi connectivity index (χ0v) is 17.6. The fourth-order valence-corrected chi connectivity index (χ4v) is 5.75. The third-order valence-corrected chi connectivity index (χ3v) is 8.11. The maximum absolute atomic E-state index is 12.9. The number of anilines is 1. The highest BCUT2D eigenvalue weighted by Gasteiger charge is 2.42. The van der Waals surface area contributed by atoms with Crippen LogP contribution in [0.2, 0.25) is 0 Å². The van der Waals surface area contributed by atoms with Crippen LogP contribution in [-0.2, 0) is 14.6 Å².